The second kappa shape index (κ2) is 6.76. The lowest BCUT2D eigenvalue weighted by molar-refractivity contribution is -0.130. The molecule has 1 amide bonds. The van der Waals surface area contributed by atoms with Gasteiger partial charge in [0.05, 0.1) is 5.41 Å². The highest BCUT2D eigenvalue weighted by Gasteiger charge is 2.37. The third kappa shape index (κ3) is 3.61. The first kappa shape index (κ1) is 15.8. The van der Waals surface area contributed by atoms with Gasteiger partial charge in [-0.3, -0.25) is 4.79 Å². The van der Waals surface area contributed by atoms with E-state index in [1.165, 1.54) is 32.1 Å². The molecule has 1 saturated carbocycles. The van der Waals surface area contributed by atoms with Crippen molar-refractivity contribution in [3.05, 3.63) is 0 Å². The van der Waals surface area contributed by atoms with Crippen molar-refractivity contribution in [2.24, 2.45) is 11.3 Å². The maximum atomic E-state index is 12.2. The molecule has 2 aliphatic rings. The van der Waals surface area contributed by atoms with Crippen molar-refractivity contribution in [2.45, 2.75) is 58.4 Å². The molecule has 106 valence electrons. The zero-order valence-electron chi connectivity index (χ0n) is 11.6. The van der Waals surface area contributed by atoms with Gasteiger partial charge >= 0.3 is 0 Å². The predicted octanol–water partition coefficient (Wildman–Crippen LogP) is 2.49. The average molecular weight is 275 g/mol. The molecule has 1 saturated heterocycles. The Kier molecular flexibility index (Phi) is 5.93. The molecule has 2 rings (SSSR count). The molecule has 1 unspecified atom stereocenters. The summed E-state index contributed by atoms with van der Waals surface area (Å²) in [5.74, 6) is 1.16. The number of hydrogen-bond donors (Lipinski definition) is 2. The molecule has 1 aliphatic heterocycles. The highest BCUT2D eigenvalue weighted by atomic mass is 35.5. The van der Waals surface area contributed by atoms with Crippen LogP contribution in [-0.4, -0.2) is 25.0 Å². The van der Waals surface area contributed by atoms with Crippen molar-refractivity contribution in [3.8, 4) is 0 Å². The Bertz CT molecular complexity index is 269. The zero-order valence-corrected chi connectivity index (χ0v) is 12.4. The number of nitrogens with one attached hydrogen (secondary N) is 2. The van der Waals surface area contributed by atoms with Crippen molar-refractivity contribution < 1.29 is 4.79 Å². The minimum Gasteiger partial charge on any atom is -0.353 e. The van der Waals surface area contributed by atoms with E-state index in [9.17, 15) is 4.79 Å². The lowest BCUT2D eigenvalue weighted by Crippen LogP contribution is -2.46. The van der Waals surface area contributed by atoms with Gasteiger partial charge in [-0.05, 0) is 51.5 Å². The van der Waals surface area contributed by atoms with Crippen LogP contribution in [0.15, 0.2) is 0 Å². The predicted molar refractivity (Wildman–Crippen MR) is 77.0 cm³/mol. The van der Waals surface area contributed by atoms with E-state index in [4.69, 9.17) is 0 Å². The molecule has 1 heterocycles. The first-order valence-corrected chi connectivity index (χ1v) is 7.16. The van der Waals surface area contributed by atoms with Crippen molar-refractivity contribution in [2.75, 3.05) is 13.1 Å². The Hall–Kier alpha value is -0.280. The van der Waals surface area contributed by atoms with Crippen LogP contribution in [0.25, 0.3) is 0 Å². The minimum absolute atomic E-state index is 0. The molecule has 2 fully saturated rings. The second-order valence-electron chi connectivity index (χ2n) is 6.09. The number of amides is 1. The first-order valence-electron chi connectivity index (χ1n) is 7.16. The molecule has 1 atom stereocenters. The Labute approximate surface area is 117 Å². The van der Waals surface area contributed by atoms with Gasteiger partial charge in [-0.1, -0.05) is 13.3 Å². The minimum atomic E-state index is -0.165. The van der Waals surface area contributed by atoms with Gasteiger partial charge in [-0.15, -0.1) is 12.4 Å². The fourth-order valence-electron chi connectivity index (χ4n) is 3.09. The van der Waals surface area contributed by atoms with E-state index >= 15 is 0 Å². The SMILES string of the molecule is CCC1CCC(NC(=O)C2(C)CCNC2)CC1.Cl. The van der Waals surface area contributed by atoms with E-state index in [0.717, 1.165) is 25.4 Å². The number of hydrogen-bond acceptors (Lipinski definition) is 2. The highest BCUT2D eigenvalue weighted by Crippen LogP contribution is 2.29. The lowest BCUT2D eigenvalue weighted by atomic mass is 9.83. The number of rotatable bonds is 3. The Morgan fingerprint density at radius 2 is 2.00 bits per heavy atom. The fraction of sp³-hybridized carbons (Fsp3) is 0.929. The Morgan fingerprint density at radius 1 is 1.33 bits per heavy atom. The van der Waals surface area contributed by atoms with Crippen LogP contribution in [0.1, 0.15) is 52.4 Å². The maximum absolute atomic E-state index is 12.2. The van der Waals surface area contributed by atoms with Gasteiger partial charge < -0.3 is 10.6 Å². The van der Waals surface area contributed by atoms with Crippen LogP contribution in [-0.2, 0) is 4.79 Å². The Balaban J connectivity index is 0.00000162. The monoisotopic (exact) mass is 274 g/mol. The molecule has 0 radical (unpaired) electrons. The molecule has 2 N–H and O–H groups in total. The maximum Gasteiger partial charge on any atom is 0.227 e. The third-order valence-electron chi connectivity index (χ3n) is 4.68. The van der Waals surface area contributed by atoms with Gasteiger partial charge in [0, 0.05) is 12.6 Å². The van der Waals surface area contributed by atoms with E-state index in [1.54, 1.807) is 0 Å². The smallest absolute Gasteiger partial charge is 0.227 e. The molecule has 0 aromatic rings. The van der Waals surface area contributed by atoms with Crippen LogP contribution < -0.4 is 10.6 Å². The van der Waals surface area contributed by atoms with Crippen molar-refractivity contribution in [1.82, 2.24) is 10.6 Å². The largest absolute Gasteiger partial charge is 0.353 e. The fourth-order valence-corrected chi connectivity index (χ4v) is 3.09. The number of carbonyl (C=O) groups is 1. The van der Waals surface area contributed by atoms with E-state index < -0.39 is 0 Å². The summed E-state index contributed by atoms with van der Waals surface area (Å²) < 4.78 is 0. The standard InChI is InChI=1S/C14H26N2O.ClH/c1-3-11-4-6-12(7-5-11)16-13(17)14(2)8-9-15-10-14;/h11-12,15H,3-10H2,1-2H3,(H,16,17);1H. The molecule has 3 nitrogen and oxygen atoms in total. The summed E-state index contributed by atoms with van der Waals surface area (Å²) in [5.41, 5.74) is -0.165. The van der Waals surface area contributed by atoms with Gasteiger partial charge in [0.1, 0.15) is 0 Å². The number of carbonyl (C=O) groups excluding carboxylic acids is 1. The molecule has 4 heteroatoms. The molecular weight excluding hydrogens is 248 g/mol. The first-order chi connectivity index (χ1) is 8.14. The number of halogens is 1. The van der Waals surface area contributed by atoms with Crippen LogP contribution in [0.5, 0.6) is 0 Å². The summed E-state index contributed by atoms with van der Waals surface area (Å²) in [7, 11) is 0. The molecule has 0 bridgehead atoms. The van der Waals surface area contributed by atoms with Crippen molar-refractivity contribution >= 4 is 18.3 Å². The summed E-state index contributed by atoms with van der Waals surface area (Å²) >= 11 is 0. The second-order valence-corrected chi connectivity index (χ2v) is 6.09. The summed E-state index contributed by atoms with van der Waals surface area (Å²) in [6.45, 7) is 6.17. The van der Waals surface area contributed by atoms with E-state index in [1.807, 2.05) is 0 Å². The highest BCUT2D eigenvalue weighted by molar-refractivity contribution is 5.85. The van der Waals surface area contributed by atoms with Crippen LogP contribution in [0.4, 0.5) is 0 Å². The van der Waals surface area contributed by atoms with Gasteiger partial charge in [-0.2, -0.15) is 0 Å². The van der Waals surface area contributed by atoms with Gasteiger partial charge in [-0.25, -0.2) is 0 Å². The Morgan fingerprint density at radius 3 is 2.50 bits per heavy atom. The van der Waals surface area contributed by atoms with Crippen LogP contribution in [0.2, 0.25) is 0 Å². The van der Waals surface area contributed by atoms with Gasteiger partial charge in [0.2, 0.25) is 5.91 Å². The van der Waals surface area contributed by atoms with Gasteiger partial charge in [0.25, 0.3) is 0 Å². The third-order valence-corrected chi connectivity index (χ3v) is 4.68. The summed E-state index contributed by atoms with van der Waals surface area (Å²) in [6.07, 6.45) is 7.19. The summed E-state index contributed by atoms with van der Waals surface area (Å²) in [5, 5.41) is 6.55. The lowest BCUT2D eigenvalue weighted by Gasteiger charge is -2.31. The van der Waals surface area contributed by atoms with Crippen molar-refractivity contribution in [3.63, 3.8) is 0 Å². The molecule has 0 spiro atoms. The van der Waals surface area contributed by atoms with Crippen LogP contribution >= 0.6 is 12.4 Å². The van der Waals surface area contributed by atoms with Gasteiger partial charge in [0.15, 0.2) is 0 Å². The average Bonchev–Trinajstić information content (AvgIpc) is 2.78. The van der Waals surface area contributed by atoms with Crippen molar-refractivity contribution in [1.29, 1.82) is 0 Å². The van der Waals surface area contributed by atoms with E-state index in [-0.39, 0.29) is 23.7 Å². The molecule has 18 heavy (non-hydrogen) atoms. The molecular formula is C14H27ClN2O. The van der Waals surface area contributed by atoms with E-state index in [0.29, 0.717) is 6.04 Å². The van der Waals surface area contributed by atoms with Crippen LogP contribution in [0, 0.1) is 11.3 Å². The summed E-state index contributed by atoms with van der Waals surface area (Å²) in [6, 6.07) is 0.433. The van der Waals surface area contributed by atoms with E-state index in [2.05, 4.69) is 24.5 Å². The topological polar surface area (TPSA) is 41.1 Å². The zero-order chi connectivity index (χ0) is 12.3. The molecule has 1 aliphatic carbocycles. The normalized spacial score (nSPS) is 35.9. The molecule has 0 aromatic carbocycles. The van der Waals surface area contributed by atoms with Crippen LogP contribution in [0.3, 0.4) is 0 Å². The summed E-state index contributed by atoms with van der Waals surface area (Å²) in [4.78, 5) is 12.2. The molecule has 0 aromatic heterocycles. The quantitative estimate of drug-likeness (QED) is 0.830.